The number of aromatic nitrogens is 3. The minimum atomic E-state index is -0.983. The van der Waals surface area contributed by atoms with Crippen LogP contribution in [0.2, 0.25) is 0 Å². The van der Waals surface area contributed by atoms with Gasteiger partial charge in [-0.1, -0.05) is 5.16 Å². The lowest BCUT2D eigenvalue weighted by molar-refractivity contribution is 0.422. The van der Waals surface area contributed by atoms with E-state index in [4.69, 9.17) is 10.3 Å². The average Bonchev–Trinajstić information content (AvgIpc) is 3.18. The van der Waals surface area contributed by atoms with Gasteiger partial charge in [0, 0.05) is 18.2 Å². The third-order valence-electron chi connectivity index (χ3n) is 3.26. The molecule has 0 saturated carbocycles. The molecular weight excluding hydrogens is 322 g/mol. The molecule has 8 heteroatoms. The second kappa shape index (κ2) is 5.10. The fraction of sp³-hybridized carbons (Fsp3) is 0. The Balaban J connectivity index is 1.85. The Kier molecular flexibility index (Phi) is 3.05. The summed E-state index contributed by atoms with van der Waals surface area (Å²) in [6, 6.07) is 7.40. The van der Waals surface area contributed by atoms with Crippen LogP contribution in [0, 0.1) is 11.6 Å². The molecule has 0 bridgehead atoms. The second-order valence-corrected chi connectivity index (χ2v) is 5.84. The highest BCUT2D eigenvalue weighted by Gasteiger charge is 2.14. The molecule has 5 nitrogen and oxygen atoms in total. The van der Waals surface area contributed by atoms with E-state index in [1.54, 1.807) is 6.07 Å². The molecule has 3 heterocycles. The van der Waals surface area contributed by atoms with Gasteiger partial charge in [-0.25, -0.2) is 18.7 Å². The summed E-state index contributed by atoms with van der Waals surface area (Å²) in [4.78, 5) is 10.0. The van der Waals surface area contributed by atoms with Gasteiger partial charge in [-0.15, -0.1) is 11.3 Å². The third-order valence-corrected chi connectivity index (χ3v) is 4.38. The Bertz CT molecular complexity index is 1010. The Labute approximate surface area is 132 Å². The lowest BCUT2D eigenvalue weighted by atomic mass is 10.2. The summed E-state index contributed by atoms with van der Waals surface area (Å²) in [6.07, 6.45) is 1.48. The minimum absolute atomic E-state index is 0.150. The maximum absolute atomic E-state index is 13.4. The van der Waals surface area contributed by atoms with E-state index in [1.807, 2.05) is 12.1 Å². The predicted molar refractivity (Wildman–Crippen MR) is 82.7 cm³/mol. The Morgan fingerprint density at radius 2 is 1.65 bits per heavy atom. The van der Waals surface area contributed by atoms with Gasteiger partial charge in [-0.2, -0.15) is 0 Å². The number of thiophene rings is 1. The lowest BCUT2D eigenvalue weighted by Crippen LogP contribution is -1.99. The van der Waals surface area contributed by atoms with Gasteiger partial charge in [0.2, 0.25) is 0 Å². The van der Waals surface area contributed by atoms with Crippen LogP contribution in [0.1, 0.15) is 0 Å². The zero-order chi connectivity index (χ0) is 16.0. The number of benzene rings is 1. The summed E-state index contributed by atoms with van der Waals surface area (Å²) >= 11 is 1.40. The molecule has 0 unspecified atom stereocenters. The highest BCUT2D eigenvalue weighted by molar-refractivity contribution is 7.18. The van der Waals surface area contributed by atoms with Crippen molar-refractivity contribution in [3.05, 3.63) is 48.2 Å². The van der Waals surface area contributed by atoms with E-state index in [2.05, 4.69) is 15.1 Å². The van der Waals surface area contributed by atoms with Gasteiger partial charge >= 0.3 is 0 Å². The molecule has 0 aliphatic heterocycles. The van der Waals surface area contributed by atoms with E-state index in [1.165, 1.54) is 17.6 Å². The van der Waals surface area contributed by atoms with Crippen molar-refractivity contribution >= 4 is 28.2 Å². The number of hydrogen-bond donors (Lipinski definition) is 1. The van der Waals surface area contributed by atoms with Crippen LogP contribution in [-0.2, 0) is 0 Å². The molecule has 4 aromatic rings. The third kappa shape index (κ3) is 2.33. The monoisotopic (exact) mass is 330 g/mol. The van der Waals surface area contributed by atoms with Crippen LogP contribution >= 0.6 is 11.3 Å². The Hall–Kier alpha value is -2.87. The zero-order valence-corrected chi connectivity index (χ0v) is 12.3. The highest BCUT2D eigenvalue weighted by atomic mass is 32.1. The SMILES string of the molecule is Nc1nc2cc(F)c(F)cc2nc1-c1ccc(-c2ccon2)s1. The molecule has 2 N–H and O–H groups in total. The van der Waals surface area contributed by atoms with Crippen molar-refractivity contribution in [2.24, 2.45) is 0 Å². The molecule has 114 valence electrons. The van der Waals surface area contributed by atoms with E-state index in [9.17, 15) is 8.78 Å². The molecule has 0 aliphatic rings. The molecule has 4 rings (SSSR count). The van der Waals surface area contributed by atoms with Gasteiger partial charge in [0.25, 0.3) is 0 Å². The van der Waals surface area contributed by atoms with E-state index in [0.29, 0.717) is 11.4 Å². The van der Waals surface area contributed by atoms with E-state index in [-0.39, 0.29) is 16.9 Å². The minimum Gasteiger partial charge on any atom is -0.382 e. The maximum atomic E-state index is 13.4. The van der Waals surface area contributed by atoms with Gasteiger partial charge in [-0.3, -0.25) is 0 Å². The number of rotatable bonds is 2. The van der Waals surface area contributed by atoms with Crippen LogP contribution in [0.15, 0.2) is 41.1 Å². The normalized spacial score (nSPS) is 11.2. The first kappa shape index (κ1) is 13.8. The fourth-order valence-electron chi connectivity index (χ4n) is 2.19. The molecule has 0 aliphatic carbocycles. The summed E-state index contributed by atoms with van der Waals surface area (Å²) < 4.78 is 31.5. The molecule has 3 aromatic heterocycles. The highest BCUT2D eigenvalue weighted by Crippen LogP contribution is 2.35. The number of anilines is 1. The van der Waals surface area contributed by atoms with Crippen LogP contribution in [0.4, 0.5) is 14.6 Å². The zero-order valence-electron chi connectivity index (χ0n) is 11.5. The van der Waals surface area contributed by atoms with Crippen molar-refractivity contribution in [2.45, 2.75) is 0 Å². The van der Waals surface area contributed by atoms with Crippen molar-refractivity contribution in [1.29, 1.82) is 0 Å². The van der Waals surface area contributed by atoms with E-state index in [0.717, 1.165) is 21.9 Å². The van der Waals surface area contributed by atoms with Gasteiger partial charge in [0.05, 0.1) is 20.8 Å². The lowest BCUT2D eigenvalue weighted by Gasteiger charge is -2.05. The Morgan fingerprint density at radius 1 is 0.957 bits per heavy atom. The van der Waals surface area contributed by atoms with Crippen molar-refractivity contribution in [1.82, 2.24) is 15.1 Å². The van der Waals surface area contributed by atoms with E-state index < -0.39 is 11.6 Å². The van der Waals surface area contributed by atoms with Crippen LogP contribution < -0.4 is 5.73 Å². The summed E-state index contributed by atoms with van der Waals surface area (Å²) in [6.45, 7) is 0. The predicted octanol–water partition coefficient (Wildman–Crippen LogP) is 3.87. The van der Waals surface area contributed by atoms with Gasteiger partial charge in [-0.05, 0) is 12.1 Å². The van der Waals surface area contributed by atoms with Crippen LogP contribution in [0.25, 0.3) is 32.2 Å². The van der Waals surface area contributed by atoms with E-state index >= 15 is 0 Å². The number of nitrogens with zero attached hydrogens (tertiary/aromatic N) is 3. The smallest absolute Gasteiger partial charge is 0.161 e. The van der Waals surface area contributed by atoms with Gasteiger partial charge < -0.3 is 10.3 Å². The molecule has 0 atom stereocenters. The number of nitrogen functional groups attached to an aromatic ring is 1. The first-order valence-electron chi connectivity index (χ1n) is 6.55. The molecule has 0 fully saturated rings. The van der Waals surface area contributed by atoms with Gasteiger partial charge in [0.15, 0.2) is 17.5 Å². The van der Waals surface area contributed by atoms with Crippen LogP contribution in [0.3, 0.4) is 0 Å². The molecule has 0 saturated heterocycles. The topological polar surface area (TPSA) is 77.8 Å². The average molecular weight is 330 g/mol. The van der Waals surface area contributed by atoms with Crippen molar-refractivity contribution < 1.29 is 13.3 Å². The maximum Gasteiger partial charge on any atom is 0.161 e. The largest absolute Gasteiger partial charge is 0.382 e. The number of nitrogens with two attached hydrogens (primary N) is 1. The summed E-state index contributed by atoms with van der Waals surface area (Å²) in [5, 5.41) is 3.86. The molecule has 23 heavy (non-hydrogen) atoms. The first-order chi connectivity index (χ1) is 11.1. The summed E-state index contributed by atoms with van der Waals surface area (Å²) in [5.74, 6) is -1.81. The van der Waals surface area contributed by atoms with Crippen LogP contribution in [0.5, 0.6) is 0 Å². The molecule has 0 amide bonds. The molecule has 1 aromatic carbocycles. The van der Waals surface area contributed by atoms with Crippen molar-refractivity contribution in [3.8, 4) is 21.1 Å². The molecule has 0 radical (unpaired) electrons. The number of halogens is 2. The summed E-state index contributed by atoms with van der Waals surface area (Å²) in [5.41, 5.74) is 7.48. The van der Waals surface area contributed by atoms with Crippen molar-refractivity contribution in [2.75, 3.05) is 5.73 Å². The first-order valence-corrected chi connectivity index (χ1v) is 7.37. The number of hydrogen-bond acceptors (Lipinski definition) is 6. The van der Waals surface area contributed by atoms with Crippen LogP contribution in [-0.4, -0.2) is 15.1 Å². The summed E-state index contributed by atoms with van der Waals surface area (Å²) in [7, 11) is 0. The standard InChI is InChI=1S/C15H8F2N4OS/c16-7-5-10-11(6-8(7)17)20-15(18)14(19-10)13-2-1-12(23-13)9-3-4-22-21-9/h1-6H,(H2,18,20). The number of fused-ring (bicyclic) bond motifs is 1. The second-order valence-electron chi connectivity index (χ2n) is 4.76. The Morgan fingerprint density at radius 3 is 2.35 bits per heavy atom. The van der Waals surface area contributed by atoms with Gasteiger partial charge in [0.1, 0.15) is 17.7 Å². The molecular formula is C15H8F2N4OS. The quantitative estimate of drug-likeness (QED) is 0.603. The fourth-order valence-corrected chi connectivity index (χ4v) is 3.16. The molecule has 0 spiro atoms. The van der Waals surface area contributed by atoms with Crippen molar-refractivity contribution in [3.63, 3.8) is 0 Å².